The summed E-state index contributed by atoms with van der Waals surface area (Å²) in [4.78, 5) is 5.13. The molecule has 0 fully saturated rings. The molecule has 4 aromatic rings. The number of ether oxygens (including phenoxy) is 1. The Labute approximate surface area is 160 Å². The van der Waals surface area contributed by atoms with Crippen molar-refractivity contribution in [1.82, 2.24) is 4.98 Å². The molecule has 2 nitrogen and oxygen atoms in total. The first kappa shape index (κ1) is 17.5. The van der Waals surface area contributed by atoms with Crippen molar-refractivity contribution in [3.8, 4) is 17.0 Å². The number of hydrogen-bond donors (Lipinski definition) is 0. The minimum Gasteiger partial charge on any atom is -0.490 e. The van der Waals surface area contributed by atoms with Gasteiger partial charge in [0.15, 0.2) is 0 Å². The van der Waals surface area contributed by atoms with Crippen LogP contribution in [0.3, 0.4) is 0 Å². The van der Waals surface area contributed by atoms with Gasteiger partial charge in [-0.25, -0.2) is 0 Å². The highest BCUT2D eigenvalue weighted by atomic mass is 16.5. The molecule has 0 atom stereocenters. The maximum Gasteiger partial charge on any atom is 0.129 e. The van der Waals surface area contributed by atoms with Crippen LogP contribution >= 0.6 is 0 Å². The quantitative estimate of drug-likeness (QED) is 0.406. The van der Waals surface area contributed by atoms with Crippen molar-refractivity contribution in [3.63, 3.8) is 0 Å². The molecule has 1 heterocycles. The molecule has 27 heavy (non-hydrogen) atoms. The molecular formula is C25H25NO. The molecular weight excluding hydrogens is 330 g/mol. The maximum atomic E-state index is 6.22. The van der Waals surface area contributed by atoms with Crippen LogP contribution in [0.1, 0.15) is 32.0 Å². The maximum absolute atomic E-state index is 6.22. The zero-order valence-electron chi connectivity index (χ0n) is 16.4. The van der Waals surface area contributed by atoms with E-state index in [2.05, 4.69) is 88.4 Å². The number of aryl methyl sites for hydroxylation is 2. The second-order valence-electron chi connectivity index (χ2n) is 7.26. The van der Waals surface area contributed by atoms with E-state index in [0.29, 0.717) is 0 Å². The second kappa shape index (κ2) is 7.03. The lowest BCUT2D eigenvalue weighted by molar-refractivity contribution is 0.244. The average molecular weight is 355 g/mol. The standard InChI is InChI=1S/C25H25NO/c1-5-22-17(4)19-11-8-9-13-21(19)25(26-22)24-20-12-7-6-10-18(20)14-15-23(24)27-16(2)3/h6-16H,5H2,1-4H3. The number of rotatable bonds is 4. The molecule has 0 saturated carbocycles. The van der Waals surface area contributed by atoms with Crippen LogP contribution in [0.2, 0.25) is 0 Å². The monoisotopic (exact) mass is 355 g/mol. The Bertz CT molecular complexity index is 1130. The lowest BCUT2D eigenvalue weighted by Crippen LogP contribution is -2.07. The predicted molar refractivity (Wildman–Crippen MR) is 115 cm³/mol. The Hall–Kier alpha value is -2.87. The van der Waals surface area contributed by atoms with Gasteiger partial charge in [-0.2, -0.15) is 0 Å². The van der Waals surface area contributed by atoms with Gasteiger partial charge in [0.2, 0.25) is 0 Å². The van der Waals surface area contributed by atoms with E-state index < -0.39 is 0 Å². The fraction of sp³-hybridized carbons (Fsp3) is 0.240. The van der Waals surface area contributed by atoms with Gasteiger partial charge in [0, 0.05) is 11.1 Å². The summed E-state index contributed by atoms with van der Waals surface area (Å²) in [7, 11) is 0. The van der Waals surface area contributed by atoms with E-state index in [0.717, 1.165) is 29.1 Å². The van der Waals surface area contributed by atoms with Gasteiger partial charge in [0.25, 0.3) is 0 Å². The Kier molecular flexibility index (Phi) is 4.57. The summed E-state index contributed by atoms with van der Waals surface area (Å²) in [5, 5.41) is 4.83. The van der Waals surface area contributed by atoms with Crippen LogP contribution in [0.15, 0.2) is 60.7 Å². The molecule has 0 saturated heterocycles. The lowest BCUT2D eigenvalue weighted by Gasteiger charge is -2.19. The SMILES string of the molecule is CCc1nc(-c2c(OC(C)C)ccc3ccccc23)c2ccccc2c1C. The molecule has 0 amide bonds. The fourth-order valence-electron chi connectivity index (χ4n) is 3.83. The molecule has 0 N–H and O–H groups in total. The van der Waals surface area contributed by atoms with Crippen LogP contribution in [0.4, 0.5) is 0 Å². The van der Waals surface area contributed by atoms with Gasteiger partial charge in [0.05, 0.1) is 17.4 Å². The van der Waals surface area contributed by atoms with Gasteiger partial charge in [0.1, 0.15) is 5.75 Å². The Morgan fingerprint density at radius 3 is 2.22 bits per heavy atom. The van der Waals surface area contributed by atoms with Crippen LogP contribution < -0.4 is 4.74 Å². The number of pyridine rings is 1. The van der Waals surface area contributed by atoms with E-state index >= 15 is 0 Å². The lowest BCUT2D eigenvalue weighted by atomic mass is 9.94. The smallest absolute Gasteiger partial charge is 0.129 e. The van der Waals surface area contributed by atoms with E-state index in [1.54, 1.807) is 0 Å². The molecule has 1 aromatic heterocycles. The molecule has 2 heteroatoms. The fourth-order valence-corrected chi connectivity index (χ4v) is 3.83. The van der Waals surface area contributed by atoms with E-state index in [-0.39, 0.29) is 6.10 Å². The first-order chi connectivity index (χ1) is 13.1. The topological polar surface area (TPSA) is 22.1 Å². The molecule has 3 aromatic carbocycles. The molecule has 0 spiro atoms. The summed E-state index contributed by atoms with van der Waals surface area (Å²) in [6.45, 7) is 8.48. The van der Waals surface area contributed by atoms with Gasteiger partial charge in [-0.3, -0.25) is 4.98 Å². The number of nitrogens with zero attached hydrogens (tertiary/aromatic N) is 1. The van der Waals surface area contributed by atoms with Crippen molar-refractivity contribution in [3.05, 3.63) is 71.9 Å². The van der Waals surface area contributed by atoms with Crippen molar-refractivity contribution in [2.75, 3.05) is 0 Å². The zero-order valence-corrected chi connectivity index (χ0v) is 16.4. The van der Waals surface area contributed by atoms with Crippen LogP contribution in [-0.2, 0) is 6.42 Å². The normalized spacial score (nSPS) is 11.4. The van der Waals surface area contributed by atoms with E-state index in [1.807, 2.05) is 0 Å². The molecule has 0 aliphatic heterocycles. The van der Waals surface area contributed by atoms with Gasteiger partial charge >= 0.3 is 0 Å². The number of hydrogen-bond acceptors (Lipinski definition) is 2. The van der Waals surface area contributed by atoms with Crippen LogP contribution in [0, 0.1) is 6.92 Å². The molecule has 136 valence electrons. The summed E-state index contributed by atoms with van der Waals surface area (Å²) in [6, 6.07) is 21.3. The summed E-state index contributed by atoms with van der Waals surface area (Å²) >= 11 is 0. The largest absolute Gasteiger partial charge is 0.490 e. The number of aromatic nitrogens is 1. The third kappa shape index (κ3) is 3.06. The van der Waals surface area contributed by atoms with Crippen molar-refractivity contribution in [1.29, 1.82) is 0 Å². The summed E-state index contributed by atoms with van der Waals surface area (Å²) < 4.78 is 6.22. The van der Waals surface area contributed by atoms with E-state index in [9.17, 15) is 0 Å². The van der Waals surface area contributed by atoms with E-state index in [1.165, 1.54) is 27.1 Å². The first-order valence-corrected chi connectivity index (χ1v) is 9.67. The predicted octanol–water partition coefficient (Wildman–Crippen LogP) is 6.71. The third-order valence-corrected chi connectivity index (χ3v) is 5.09. The second-order valence-corrected chi connectivity index (χ2v) is 7.26. The zero-order chi connectivity index (χ0) is 19.0. The summed E-state index contributed by atoms with van der Waals surface area (Å²) in [5.74, 6) is 0.896. The molecule has 0 unspecified atom stereocenters. The third-order valence-electron chi connectivity index (χ3n) is 5.09. The highest BCUT2D eigenvalue weighted by Crippen LogP contribution is 2.41. The Morgan fingerprint density at radius 1 is 0.852 bits per heavy atom. The average Bonchev–Trinajstić information content (AvgIpc) is 2.68. The van der Waals surface area contributed by atoms with Crippen molar-refractivity contribution in [2.45, 2.75) is 40.2 Å². The Balaban J connectivity index is 2.15. The van der Waals surface area contributed by atoms with Crippen molar-refractivity contribution in [2.24, 2.45) is 0 Å². The van der Waals surface area contributed by atoms with Crippen LogP contribution in [0.25, 0.3) is 32.8 Å². The minimum atomic E-state index is 0.104. The van der Waals surface area contributed by atoms with Gasteiger partial charge in [-0.1, -0.05) is 61.5 Å². The van der Waals surface area contributed by atoms with Gasteiger partial charge < -0.3 is 4.74 Å². The molecule has 0 aliphatic rings. The van der Waals surface area contributed by atoms with Crippen LogP contribution in [-0.4, -0.2) is 11.1 Å². The highest BCUT2D eigenvalue weighted by Gasteiger charge is 2.18. The number of benzene rings is 3. The van der Waals surface area contributed by atoms with Gasteiger partial charge in [-0.05, 0) is 55.0 Å². The Morgan fingerprint density at radius 2 is 1.52 bits per heavy atom. The highest BCUT2D eigenvalue weighted by molar-refractivity contribution is 6.07. The van der Waals surface area contributed by atoms with Crippen molar-refractivity contribution < 1.29 is 4.74 Å². The first-order valence-electron chi connectivity index (χ1n) is 9.67. The summed E-state index contributed by atoms with van der Waals surface area (Å²) in [6.07, 6.45) is 1.02. The molecule has 4 rings (SSSR count). The van der Waals surface area contributed by atoms with E-state index in [4.69, 9.17) is 9.72 Å². The van der Waals surface area contributed by atoms with Crippen LogP contribution in [0.5, 0.6) is 5.75 Å². The number of fused-ring (bicyclic) bond motifs is 2. The van der Waals surface area contributed by atoms with Gasteiger partial charge in [-0.15, -0.1) is 0 Å². The molecule has 0 radical (unpaired) electrons. The molecule has 0 aliphatic carbocycles. The summed E-state index contributed by atoms with van der Waals surface area (Å²) in [5.41, 5.74) is 4.52. The molecule has 0 bridgehead atoms. The minimum absolute atomic E-state index is 0.104. The van der Waals surface area contributed by atoms with Crippen molar-refractivity contribution >= 4 is 21.5 Å².